The third-order valence-electron chi connectivity index (χ3n) is 3.97. The van der Waals surface area contributed by atoms with E-state index in [0.29, 0.717) is 12.1 Å². The second kappa shape index (κ2) is 6.26. The molecule has 1 N–H and O–H groups in total. The van der Waals surface area contributed by atoms with Crippen molar-refractivity contribution in [3.8, 4) is 0 Å². The van der Waals surface area contributed by atoms with Crippen molar-refractivity contribution < 1.29 is 27.8 Å². The first-order valence-electron chi connectivity index (χ1n) is 6.94. The molecule has 0 radical (unpaired) electrons. The molecule has 1 aliphatic heterocycles. The van der Waals surface area contributed by atoms with Crippen LogP contribution in [0.5, 0.6) is 0 Å². The van der Waals surface area contributed by atoms with Crippen LogP contribution in [0.2, 0.25) is 0 Å². The zero-order valence-electron chi connectivity index (χ0n) is 12.2. The molecule has 1 saturated heterocycles. The molecule has 0 saturated carbocycles. The van der Waals surface area contributed by atoms with Crippen LogP contribution in [-0.4, -0.2) is 48.0 Å². The predicted octanol–water partition coefficient (Wildman–Crippen LogP) is 2.36. The molecule has 1 fully saturated rings. The number of piperidine rings is 1. The van der Waals surface area contributed by atoms with Crippen LogP contribution in [0.25, 0.3) is 0 Å². The number of rotatable bonds is 3. The number of esters is 1. The van der Waals surface area contributed by atoms with Gasteiger partial charge in [-0.3, -0.25) is 4.90 Å². The van der Waals surface area contributed by atoms with E-state index in [1.165, 1.54) is 7.11 Å². The van der Waals surface area contributed by atoms with Crippen LogP contribution in [0.3, 0.4) is 0 Å². The molecule has 1 heterocycles. The molecule has 0 atom stereocenters. The van der Waals surface area contributed by atoms with Gasteiger partial charge in [0.05, 0.1) is 12.7 Å². The number of nitrogens with zero attached hydrogens (tertiary/aromatic N) is 1. The molecule has 1 aromatic carbocycles. The Morgan fingerprint density at radius 3 is 2.55 bits per heavy atom. The van der Waals surface area contributed by atoms with E-state index in [0.717, 1.165) is 5.56 Å². The lowest BCUT2D eigenvalue weighted by molar-refractivity contribution is -0.272. The number of halogens is 3. The zero-order valence-corrected chi connectivity index (χ0v) is 12.2. The summed E-state index contributed by atoms with van der Waals surface area (Å²) in [5, 5.41) is 9.63. The molecule has 0 amide bonds. The Morgan fingerprint density at radius 2 is 2.00 bits per heavy atom. The Balaban J connectivity index is 1.98. The summed E-state index contributed by atoms with van der Waals surface area (Å²) in [6.07, 6.45) is -5.27. The highest BCUT2D eigenvalue weighted by Crippen LogP contribution is 2.38. The number of alkyl halides is 3. The van der Waals surface area contributed by atoms with Gasteiger partial charge in [-0.2, -0.15) is 13.2 Å². The first-order valence-corrected chi connectivity index (χ1v) is 6.94. The topological polar surface area (TPSA) is 49.8 Å². The molecule has 0 aromatic heterocycles. The molecule has 0 aliphatic carbocycles. The fourth-order valence-electron chi connectivity index (χ4n) is 2.54. The second-order valence-electron chi connectivity index (χ2n) is 5.50. The minimum Gasteiger partial charge on any atom is -0.465 e. The number of aliphatic hydroxyl groups is 1. The van der Waals surface area contributed by atoms with Crippen LogP contribution in [0.1, 0.15) is 28.8 Å². The maximum absolute atomic E-state index is 12.7. The molecule has 1 aromatic rings. The third-order valence-corrected chi connectivity index (χ3v) is 3.97. The Kier molecular flexibility index (Phi) is 4.77. The first kappa shape index (κ1) is 16.8. The molecular weight excluding hydrogens is 299 g/mol. The average Bonchev–Trinajstić information content (AvgIpc) is 2.48. The van der Waals surface area contributed by atoms with Gasteiger partial charge in [0, 0.05) is 19.6 Å². The normalized spacial score (nSPS) is 19.0. The van der Waals surface area contributed by atoms with Crippen molar-refractivity contribution in [2.45, 2.75) is 31.2 Å². The third kappa shape index (κ3) is 3.59. The van der Waals surface area contributed by atoms with Crippen molar-refractivity contribution in [2.24, 2.45) is 0 Å². The fraction of sp³-hybridized carbons (Fsp3) is 0.533. The van der Waals surface area contributed by atoms with Crippen LogP contribution in [0.15, 0.2) is 24.3 Å². The number of carbonyl (C=O) groups excluding carboxylic acids is 1. The van der Waals surface area contributed by atoms with Gasteiger partial charge >= 0.3 is 12.1 Å². The molecule has 0 bridgehead atoms. The molecule has 7 heteroatoms. The lowest BCUT2D eigenvalue weighted by Gasteiger charge is -2.39. The van der Waals surface area contributed by atoms with Gasteiger partial charge in [-0.25, -0.2) is 4.79 Å². The van der Waals surface area contributed by atoms with Gasteiger partial charge < -0.3 is 9.84 Å². The van der Waals surface area contributed by atoms with E-state index in [4.69, 9.17) is 0 Å². The van der Waals surface area contributed by atoms with Crippen LogP contribution < -0.4 is 0 Å². The zero-order chi connectivity index (χ0) is 16.4. The van der Waals surface area contributed by atoms with Gasteiger partial charge in [-0.05, 0) is 30.5 Å². The van der Waals surface area contributed by atoms with Gasteiger partial charge in [-0.15, -0.1) is 0 Å². The van der Waals surface area contributed by atoms with E-state index in [1.54, 1.807) is 24.3 Å². The predicted molar refractivity (Wildman–Crippen MR) is 73.3 cm³/mol. The van der Waals surface area contributed by atoms with Gasteiger partial charge in [0.1, 0.15) is 0 Å². The second-order valence-corrected chi connectivity index (χ2v) is 5.50. The van der Waals surface area contributed by atoms with Gasteiger partial charge in [0.2, 0.25) is 0 Å². The first-order chi connectivity index (χ1) is 10.2. The molecule has 22 heavy (non-hydrogen) atoms. The monoisotopic (exact) mass is 317 g/mol. The maximum atomic E-state index is 12.7. The van der Waals surface area contributed by atoms with Crippen LogP contribution in [0, 0.1) is 0 Å². The molecule has 0 spiro atoms. The number of carbonyl (C=O) groups is 1. The largest absolute Gasteiger partial charge is 0.465 e. The van der Waals surface area contributed by atoms with E-state index >= 15 is 0 Å². The summed E-state index contributed by atoms with van der Waals surface area (Å²) in [6, 6.07) is 6.79. The van der Waals surface area contributed by atoms with Crippen molar-refractivity contribution in [3.63, 3.8) is 0 Å². The van der Waals surface area contributed by atoms with E-state index in [2.05, 4.69) is 4.74 Å². The van der Waals surface area contributed by atoms with Crippen molar-refractivity contribution >= 4 is 5.97 Å². The van der Waals surface area contributed by atoms with Crippen molar-refractivity contribution in [1.29, 1.82) is 0 Å². The summed E-state index contributed by atoms with van der Waals surface area (Å²) in [5.74, 6) is -0.452. The highest BCUT2D eigenvalue weighted by Gasteiger charge is 2.54. The Morgan fingerprint density at radius 1 is 1.36 bits per heavy atom. The number of benzene rings is 1. The maximum Gasteiger partial charge on any atom is 0.417 e. The van der Waals surface area contributed by atoms with E-state index in [9.17, 15) is 23.1 Å². The number of hydrogen-bond donors (Lipinski definition) is 1. The summed E-state index contributed by atoms with van der Waals surface area (Å²) >= 11 is 0. The number of likely N-dealkylation sites (tertiary alicyclic amines) is 1. The van der Waals surface area contributed by atoms with Crippen LogP contribution >= 0.6 is 0 Å². The van der Waals surface area contributed by atoms with Crippen LogP contribution in [0.4, 0.5) is 13.2 Å². The smallest absolute Gasteiger partial charge is 0.417 e. The van der Waals surface area contributed by atoms with E-state index in [1.807, 2.05) is 4.90 Å². The summed E-state index contributed by atoms with van der Waals surface area (Å²) in [7, 11) is 1.29. The highest BCUT2D eigenvalue weighted by atomic mass is 19.4. The van der Waals surface area contributed by atoms with Crippen LogP contribution in [-0.2, 0) is 11.3 Å². The summed E-state index contributed by atoms with van der Waals surface area (Å²) < 4.78 is 42.9. The molecule has 122 valence electrons. The molecule has 4 nitrogen and oxygen atoms in total. The Hall–Kier alpha value is -1.60. The van der Waals surface area contributed by atoms with E-state index < -0.39 is 17.7 Å². The lowest BCUT2D eigenvalue weighted by atomic mass is 9.90. The van der Waals surface area contributed by atoms with Crippen molar-refractivity contribution in [3.05, 3.63) is 35.4 Å². The van der Waals surface area contributed by atoms with Crippen molar-refractivity contribution in [1.82, 2.24) is 4.90 Å². The van der Waals surface area contributed by atoms with Crippen molar-refractivity contribution in [2.75, 3.05) is 20.2 Å². The summed E-state index contributed by atoms with van der Waals surface area (Å²) in [5.41, 5.74) is -1.36. The Labute approximate surface area is 126 Å². The molecule has 2 rings (SSSR count). The number of hydrogen-bond acceptors (Lipinski definition) is 4. The minimum atomic E-state index is -4.59. The summed E-state index contributed by atoms with van der Waals surface area (Å²) in [6.45, 7) is 0.732. The van der Waals surface area contributed by atoms with Gasteiger partial charge in [-0.1, -0.05) is 12.1 Å². The SMILES string of the molecule is COC(=O)c1cccc(CN2CCC(O)(C(F)(F)F)CC2)c1. The number of methoxy groups -OCH3 is 1. The fourth-order valence-corrected chi connectivity index (χ4v) is 2.54. The average molecular weight is 317 g/mol. The van der Waals surface area contributed by atoms with Gasteiger partial charge in [0.25, 0.3) is 0 Å². The Bertz CT molecular complexity index is 537. The lowest BCUT2D eigenvalue weighted by Crippen LogP contribution is -2.53. The molecule has 0 unspecified atom stereocenters. The highest BCUT2D eigenvalue weighted by molar-refractivity contribution is 5.89. The van der Waals surface area contributed by atoms with E-state index in [-0.39, 0.29) is 25.9 Å². The number of ether oxygens (including phenoxy) is 1. The summed E-state index contributed by atoms with van der Waals surface area (Å²) in [4.78, 5) is 13.3. The molecular formula is C15H18F3NO3. The minimum absolute atomic E-state index is 0.151. The van der Waals surface area contributed by atoms with Gasteiger partial charge in [0.15, 0.2) is 5.60 Å². The quantitative estimate of drug-likeness (QED) is 0.870. The standard InChI is InChI=1S/C15H18F3NO3/c1-22-13(20)12-4-2-3-11(9-12)10-19-7-5-14(21,6-8-19)15(16,17)18/h2-4,9,21H,5-8,10H2,1H3. The molecule has 1 aliphatic rings.